The largest absolute Gasteiger partial charge is 0.495 e. The van der Waals surface area contributed by atoms with Crippen molar-refractivity contribution >= 4 is 17.8 Å². The van der Waals surface area contributed by atoms with Crippen LogP contribution in [0.1, 0.15) is 44.4 Å². The van der Waals surface area contributed by atoms with Gasteiger partial charge in [-0.15, -0.1) is 0 Å². The quantitative estimate of drug-likeness (QED) is 0.853. The first kappa shape index (κ1) is 20.3. The van der Waals surface area contributed by atoms with E-state index in [-0.39, 0.29) is 18.2 Å². The van der Waals surface area contributed by atoms with Crippen LogP contribution in [0.25, 0.3) is 0 Å². The topological polar surface area (TPSA) is 80.3 Å². The van der Waals surface area contributed by atoms with E-state index in [0.717, 1.165) is 17.5 Å². The van der Waals surface area contributed by atoms with Crippen molar-refractivity contribution in [1.29, 1.82) is 0 Å². The van der Waals surface area contributed by atoms with Crippen LogP contribution >= 0.6 is 0 Å². The molecule has 0 bridgehead atoms. The van der Waals surface area contributed by atoms with Gasteiger partial charge in [0.15, 0.2) is 0 Å². The molecule has 1 atom stereocenters. The van der Waals surface area contributed by atoms with Crippen molar-refractivity contribution in [3.63, 3.8) is 0 Å². The van der Waals surface area contributed by atoms with Crippen molar-refractivity contribution in [2.24, 2.45) is 0 Å². The van der Waals surface area contributed by atoms with Crippen molar-refractivity contribution in [2.75, 3.05) is 38.8 Å². The van der Waals surface area contributed by atoms with Gasteiger partial charge >= 0.3 is 12.1 Å². The number of methoxy groups -OCH3 is 2. The summed E-state index contributed by atoms with van der Waals surface area (Å²) in [6.45, 7) is 7.55. The number of ether oxygens (including phenoxy) is 3. The third kappa shape index (κ3) is 4.01. The Hall–Kier alpha value is -2.48. The molecule has 1 aromatic rings. The summed E-state index contributed by atoms with van der Waals surface area (Å²) in [6, 6.07) is 3.41. The lowest BCUT2D eigenvalue weighted by Gasteiger charge is -2.30. The lowest BCUT2D eigenvalue weighted by atomic mass is 10.0. The molecular formula is C20H29N3O5. The lowest BCUT2D eigenvalue weighted by molar-refractivity contribution is 0.00782. The Morgan fingerprint density at radius 2 is 2.04 bits per heavy atom. The summed E-state index contributed by atoms with van der Waals surface area (Å²) in [4.78, 5) is 28.4. The van der Waals surface area contributed by atoms with Gasteiger partial charge in [-0.25, -0.2) is 9.59 Å². The highest BCUT2D eigenvalue weighted by Gasteiger charge is 2.38. The van der Waals surface area contributed by atoms with Crippen LogP contribution in [-0.2, 0) is 16.0 Å². The second-order valence-corrected chi connectivity index (χ2v) is 8.04. The molecule has 8 nitrogen and oxygen atoms in total. The SMILES string of the molecule is COCC1c2cc(N3CCCNC3=O)c(OC)cc2CN1C(=O)OC(C)(C)C. The number of urea groups is 1. The number of carbonyl (C=O) groups excluding carboxylic acids is 2. The highest BCUT2D eigenvalue weighted by Crippen LogP contribution is 2.42. The number of carbonyl (C=O) groups is 2. The number of rotatable bonds is 4. The molecular weight excluding hydrogens is 362 g/mol. The van der Waals surface area contributed by atoms with Crippen LogP contribution in [-0.4, -0.2) is 56.5 Å². The first-order chi connectivity index (χ1) is 13.2. The molecule has 3 amide bonds. The number of benzene rings is 1. The van der Waals surface area contributed by atoms with Crippen LogP contribution in [0.15, 0.2) is 12.1 Å². The summed E-state index contributed by atoms with van der Waals surface area (Å²) in [7, 11) is 3.19. The minimum Gasteiger partial charge on any atom is -0.495 e. The van der Waals surface area contributed by atoms with Gasteiger partial charge in [-0.1, -0.05) is 0 Å². The minimum absolute atomic E-state index is 0.144. The monoisotopic (exact) mass is 391 g/mol. The maximum atomic E-state index is 12.8. The number of nitrogens with one attached hydrogen (secondary N) is 1. The van der Waals surface area contributed by atoms with E-state index < -0.39 is 5.60 Å². The van der Waals surface area contributed by atoms with Crippen molar-refractivity contribution in [3.05, 3.63) is 23.3 Å². The van der Waals surface area contributed by atoms with E-state index >= 15 is 0 Å². The number of hydrogen-bond donors (Lipinski definition) is 1. The number of amides is 3. The van der Waals surface area contributed by atoms with Gasteiger partial charge in [-0.3, -0.25) is 9.80 Å². The van der Waals surface area contributed by atoms with Crippen LogP contribution in [0.3, 0.4) is 0 Å². The first-order valence-corrected chi connectivity index (χ1v) is 9.50. The molecule has 2 aliphatic rings. The number of nitrogens with zero attached hydrogens (tertiary/aromatic N) is 2. The Labute approximate surface area is 165 Å². The highest BCUT2D eigenvalue weighted by atomic mass is 16.6. The second-order valence-electron chi connectivity index (χ2n) is 8.04. The maximum Gasteiger partial charge on any atom is 0.411 e. The summed E-state index contributed by atoms with van der Waals surface area (Å²) in [5.74, 6) is 0.609. The fourth-order valence-electron chi connectivity index (χ4n) is 3.62. The molecule has 28 heavy (non-hydrogen) atoms. The summed E-state index contributed by atoms with van der Waals surface area (Å²) < 4.78 is 16.5. The highest BCUT2D eigenvalue weighted by molar-refractivity contribution is 5.94. The predicted octanol–water partition coefficient (Wildman–Crippen LogP) is 3.05. The fourth-order valence-corrected chi connectivity index (χ4v) is 3.62. The summed E-state index contributed by atoms with van der Waals surface area (Å²) in [5, 5.41) is 2.86. The molecule has 1 fully saturated rings. The third-order valence-electron chi connectivity index (χ3n) is 4.84. The molecule has 8 heteroatoms. The lowest BCUT2D eigenvalue weighted by Crippen LogP contribution is -2.46. The predicted molar refractivity (Wildman–Crippen MR) is 105 cm³/mol. The molecule has 0 saturated carbocycles. The Bertz CT molecular complexity index is 759. The standard InChI is InChI=1S/C20H29N3O5/c1-20(2,3)28-19(25)23-11-13-9-17(27-5)15(10-14(13)16(23)12-26-4)22-8-6-7-21-18(22)24/h9-10,16H,6-8,11-12H2,1-5H3,(H,21,24). The van der Waals surface area contributed by atoms with E-state index in [1.54, 1.807) is 24.0 Å². The third-order valence-corrected chi connectivity index (χ3v) is 4.84. The Kier molecular flexibility index (Phi) is 5.69. The van der Waals surface area contributed by atoms with Gasteiger partial charge < -0.3 is 19.5 Å². The Balaban J connectivity index is 1.97. The average molecular weight is 391 g/mol. The summed E-state index contributed by atoms with van der Waals surface area (Å²) in [6.07, 6.45) is 0.472. The smallest absolute Gasteiger partial charge is 0.411 e. The molecule has 154 valence electrons. The van der Waals surface area contributed by atoms with Crippen LogP contribution in [0.4, 0.5) is 15.3 Å². The zero-order chi connectivity index (χ0) is 20.5. The molecule has 1 unspecified atom stereocenters. The average Bonchev–Trinajstić information content (AvgIpc) is 2.98. The van der Waals surface area contributed by atoms with Gasteiger partial charge in [0.2, 0.25) is 0 Å². The molecule has 1 N–H and O–H groups in total. The maximum absolute atomic E-state index is 12.8. The van der Waals surface area contributed by atoms with Gasteiger partial charge in [-0.05, 0) is 50.5 Å². The zero-order valence-corrected chi connectivity index (χ0v) is 17.2. The molecule has 0 aromatic heterocycles. The van der Waals surface area contributed by atoms with Crippen molar-refractivity contribution < 1.29 is 23.8 Å². The van der Waals surface area contributed by atoms with Crippen LogP contribution in [0, 0.1) is 0 Å². The van der Waals surface area contributed by atoms with E-state index in [4.69, 9.17) is 14.2 Å². The van der Waals surface area contributed by atoms with Gasteiger partial charge in [0.1, 0.15) is 11.4 Å². The van der Waals surface area contributed by atoms with Crippen molar-refractivity contribution in [3.8, 4) is 5.75 Å². The first-order valence-electron chi connectivity index (χ1n) is 9.50. The molecule has 2 aliphatic heterocycles. The van der Waals surface area contributed by atoms with Gasteiger partial charge in [0.25, 0.3) is 0 Å². The molecule has 0 aliphatic carbocycles. The minimum atomic E-state index is -0.585. The van der Waals surface area contributed by atoms with Crippen LogP contribution < -0.4 is 15.0 Å². The normalized spacial score (nSPS) is 19.3. The molecule has 1 saturated heterocycles. The Morgan fingerprint density at radius 1 is 1.29 bits per heavy atom. The van der Waals surface area contributed by atoms with E-state index in [2.05, 4.69) is 5.32 Å². The molecule has 0 spiro atoms. The van der Waals surface area contributed by atoms with Crippen molar-refractivity contribution in [1.82, 2.24) is 10.2 Å². The van der Waals surface area contributed by atoms with E-state index in [1.807, 2.05) is 32.9 Å². The number of hydrogen-bond acceptors (Lipinski definition) is 5. The van der Waals surface area contributed by atoms with Gasteiger partial charge in [0, 0.05) is 20.2 Å². The van der Waals surface area contributed by atoms with Gasteiger partial charge in [0.05, 0.1) is 32.0 Å². The van der Waals surface area contributed by atoms with E-state index in [1.165, 1.54) is 0 Å². The molecule has 2 heterocycles. The second kappa shape index (κ2) is 7.87. The van der Waals surface area contributed by atoms with Crippen LogP contribution in [0.2, 0.25) is 0 Å². The summed E-state index contributed by atoms with van der Waals surface area (Å²) >= 11 is 0. The fraction of sp³-hybridized carbons (Fsp3) is 0.600. The Morgan fingerprint density at radius 3 is 2.64 bits per heavy atom. The molecule has 1 aromatic carbocycles. The van der Waals surface area contributed by atoms with E-state index in [0.29, 0.717) is 37.7 Å². The van der Waals surface area contributed by atoms with Crippen LogP contribution in [0.5, 0.6) is 5.75 Å². The zero-order valence-electron chi connectivity index (χ0n) is 17.2. The molecule has 0 radical (unpaired) electrons. The van der Waals surface area contributed by atoms with Crippen molar-refractivity contribution in [2.45, 2.75) is 45.4 Å². The summed E-state index contributed by atoms with van der Waals surface area (Å²) in [5.41, 5.74) is 2.02. The molecule has 3 rings (SSSR count). The number of anilines is 1. The number of fused-ring (bicyclic) bond motifs is 1. The van der Waals surface area contributed by atoms with E-state index in [9.17, 15) is 9.59 Å². The van der Waals surface area contributed by atoms with Gasteiger partial charge in [-0.2, -0.15) is 0 Å².